The van der Waals surface area contributed by atoms with E-state index in [4.69, 9.17) is 9.47 Å². The Hall–Kier alpha value is -4.10. The van der Waals surface area contributed by atoms with Gasteiger partial charge in [-0.05, 0) is 35.0 Å². The topological polar surface area (TPSA) is 116 Å². The van der Waals surface area contributed by atoms with Crippen molar-refractivity contribution >= 4 is 38.7 Å². The predicted octanol–water partition coefficient (Wildman–Crippen LogP) is 3.68. The van der Waals surface area contributed by atoms with Crippen LogP contribution in [0.5, 0.6) is 5.75 Å². The van der Waals surface area contributed by atoms with Crippen molar-refractivity contribution in [1.29, 1.82) is 0 Å². The van der Waals surface area contributed by atoms with E-state index >= 15 is 0 Å². The number of rotatable bonds is 8. The van der Waals surface area contributed by atoms with Crippen LogP contribution in [0, 0.1) is 0 Å². The predicted molar refractivity (Wildman–Crippen MR) is 123 cm³/mol. The molecule has 4 heterocycles. The normalized spacial score (nSPS) is 12.4. The number of alkyl halides is 2. The van der Waals surface area contributed by atoms with Gasteiger partial charge in [0.25, 0.3) is 0 Å². The van der Waals surface area contributed by atoms with Crippen molar-refractivity contribution in [3.05, 3.63) is 60.0 Å². The molecule has 0 aliphatic carbocycles. The number of fused-ring (bicyclic) bond motifs is 2. The summed E-state index contributed by atoms with van der Waals surface area (Å²) in [5.74, 6) is -0.653. The Morgan fingerprint density at radius 3 is 3.00 bits per heavy atom. The summed E-state index contributed by atoms with van der Waals surface area (Å²) in [6.45, 7) is -3.29. The third-order valence-electron chi connectivity index (χ3n) is 5.20. The largest absolute Gasteiger partial charge is 0.468 e. The van der Waals surface area contributed by atoms with Crippen LogP contribution in [-0.2, 0) is 16.1 Å². The molecule has 0 aliphatic heterocycles. The molecule has 1 atom stereocenters. The van der Waals surface area contributed by atoms with Crippen molar-refractivity contribution in [1.82, 2.24) is 24.4 Å². The quantitative estimate of drug-likeness (QED) is 0.245. The maximum atomic E-state index is 13.2. The summed E-state index contributed by atoms with van der Waals surface area (Å²) in [4.78, 5) is 16.1. The number of nitrogens with zero attached hydrogens (tertiary/aromatic N) is 5. The lowest BCUT2D eigenvalue weighted by Crippen LogP contribution is -2.12. The highest BCUT2D eigenvalue weighted by atomic mass is 32.1. The van der Waals surface area contributed by atoms with Crippen LogP contribution in [0.1, 0.15) is 11.8 Å². The number of esters is 1. The van der Waals surface area contributed by atoms with Gasteiger partial charge in [-0.3, -0.25) is 9.48 Å². The van der Waals surface area contributed by atoms with Gasteiger partial charge in [0, 0.05) is 28.9 Å². The molecule has 4 aromatic heterocycles. The summed E-state index contributed by atoms with van der Waals surface area (Å²) < 4.78 is 39.6. The first kappa shape index (κ1) is 22.7. The number of halogens is 2. The fraction of sp³-hybridized carbons (Fsp3) is 0.182. The number of aromatic nitrogens is 5. The van der Waals surface area contributed by atoms with E-state index in [0.717, 1.165) is 10.1 Å². The lowest BCUT2D eigenvalue weighted by molar-refractivity contribution is -0.141. The molecule has 0 aliphatic rings. The van der Waals surface area contributed by atoms with Crippen molar-refractivity contribution < 1.29 is 28.2 Å². The molecule has 5 aromatic rings. The molecule has 0 bridgehead atoms. The second-order valence-electron chi connectivity index (χ2n) is 7.39. The van der Waals surface area contributed by atoms with Crippen molar-refractivity contribution in [2.45, 2.75) is 19.4 Å². The van der Waals surface area contributed by atoms with Gasteiger partial charge < -0.3 is 19.9 Å². The molecule has 0 radical (unpaired) electrons. The molecular weight excluding hydrogens is 482 g/mol. The molecule has 0 fully saturated rings. The van der Waals surface area contributed by atoms with E-state index in [1.807, 2.05) is 5.38 Å². The number of carbonyl (C=O) groups is 1. The fourth-order valence-corrected chi connectivity index (χ4v) is 4.44. The number of hydrogen-bond donors (Lipinski definition) is 2. The van der Waals surface area contributed by atoms with Gasteiger partial charge in [-0.25, -0.2) is 9.50 Å². The number of thiophene rings is 1. The molecule has 1 aromatic carbocycles. The number of aliphatic hydroxyl groups is 1. The molecule has 1 unspecified atom stereocenters. The molecule has 180 valence electrons. The van der Waals surface area contributed by atoms with Gasteiger partial charge in [-0.2, -0.15) is 19.0 Å². The van der Waals surface area contributed by atoms with Crippen molar-refractivity contribution in [2.24, 2.45) is 0 Å². The molecule has 2 N–H and O–H groups in total. The first-order valence-corrected chi connectivity index (χ1v) is 11.1. The number of carbonyl (C=O) groups excluding carboxylic acids is 1. The summed E-state index contributed by atoms with van der Waals surface area (Å²) in [7, 11) is 1.24. The number of hydrogen-bond acceptors (Lipinski definition) is 9. The molecule has 35 heavy (non-hydrogen) atoms. The van der Waals surface area contributed by atoms with Gasteiger partial charge >= 0.3 is 12.6 Å². The SMILES string of the molecule is COC(=O)Cn1cc(NC(O)c2cnn3cccnc23)c(-c2cc3sccc3cc2OC(F)F)n1. The van der Waals surface area contributed by atoms with Gasteiger partial charge in [0.15, 0.2) is 11.9 Å². The fourth-order valence-electron chi connectivity index (χ4n) is 3.63. The van der Waals surface area contributed by atoms with E-state index < -0.39 is 18.8 Å². The monoisotopic (exact) mass is 500 g/mol. The Kier molecular flexibility index (Phi) is 6.01. The highest BCUT2D eigenvalue weighted by molar-refractivity contribution is 7.17. The summed E-state index contributed by atoms with van der Waals surface area (Å²) >= 11 is 1.42. The average molecular weight is 500 g/mol. The summed E-state index contributed by atoms with van der Waals surface area (Å²) in [6, 6.07) is 6.67. The van der Waals surface area contributed by atoms with E-state index in [1.54, 1.807) is 30.6 Å². The maximum Gasteiger partial charge on any atom is 0.387 e. The number of methoxy groups -OCH3 is 1. The number of ether oxygens (including phenoxy) is 2. The summed E-state index contributed by atoms with van der Waals surface area (Å²) in [5.41, 5.74) is 1.54. The first-order chi connectivity index (χ1) is 16.9. The third-order valence-corrected chi connectivity index (χ3v) is 6.08. The van der Waals surface area contributed by atoms with Crippen LogP contribution >= 0.6 is 11.3 Å². The third kappa shape index (κ3) is 4.50. The van der Waals surface area contributed by atoms with Crippen molar-refractivity contribution in [3.63, 3.8) is 0 Å². The molecule has 0 saturated heterocycles. The number of anilines is 1. The molecule has 0 saturated carbocycles. The summed E-state index contributed by atoms with van der Waals surface area (Å²) in [6.07, 6.45) is 4.91. The molecule has 0 amide bonds. The lowest BCUT2D eigenvalue weighted by atomic mass is 10.1. The van der Waals surface area contributed by atoms with E-state index in [2.05, 4.69) is 20.5 Å². The minimum Gasteiger partial charge on any atom is -0.468 e. The van der Waals surface area contributed by atoms with Crippen LogP contribution in [0.3, 0.4) is 0 Å². The first-order valence-electron chi connectivity index (χ1n) is 10.3. The highest BCUT2D eigenvalue weighted by Gasteiger charge is 2.23. The molecular formula is C22H18F2N6O4S. The maximum absolute atomic E-state index is 13.2. The minimum absolute atomic E-state index is 0.0931. The van der Waals surface area contributed by atoms with Gasteiger partial charge in [0.1, 0.15) is 18.0 Å². The molecule has 10 nitrogen and oxygen atoms in total. The molecule has 5 rings (SSSR count). The van der Waals surface area contributed by atoms with Crippen LogP contribution in [0.2, 0.25) is 0 Å². The van der Waals surface area contributed by atoms with E-state index in [9.17, 15) is 18.7 Å². The zero-order valence-corrected chi connectivity index (χ0v) is 18.9. The number of aliphatic hydroxyl groups excluding tert-OH is 1. The zero-order valence-electron chi connectivity index (χ0n) is 18.1. The van der Waals surface area contributed by atoms with E-state index in [-0.39, 0.29) is 29.2 Å². The van der Waals surface area contributed by atoms with Gasteiger partial charge in [-0.1, -0.05) is 0 Å². The lowest BCUT2D eigenvalue weighted by Gasteiger charge is -2.15. The Balaban J connectivity index is 1.60. The molecule has 0 spiro atoms. The second-order valence-corrected chi connectivity index (χ2v) is 8.33. The molecule has 13 heteroatoms. The smallest absolute Gasteiger partial charge is 0.387 e. The Morgan fingerprint density at radius 2 is 2.20 bits per heavy atom. The Morgan fingerprint density at radius 1 is 1.34 bits per heavy atom. The Labute approximate surface area is 200 Å². The van der Waals surface area contributed by atoms with Crippen LogP contribution in [0.15, 0.2) is 54.4 Å². The van der Waals surface area contributed by atoms with Gasteiger partial charge in [0.2, 0.25) is 0 Å². The second kappa shape index (κ2) is 9.27. The number of nitrogens with one attached hydrogen (secondary N) is 1. The summed E-state index contributed by atoms with van der Waals surface area (Å²) in [5, 5.41) is 25.0. The van der Waals surface area contributed by atoms with Crippen LogP contribution in [0.4, 0.5) is 14.5 Å². The highest BCUT2D eigenvalue weighted by Crippen LogP contribution is 2.40. The number of benzene rings is 1. The van der Waals surface area contributed by atoms with Crippen LogP contribution in [0.25, 0.3) is 27.0 Å². The van der Waals surface area contributed by atoms with Crippen molar-refractivity contribution in [2.75, 3.05) is 12.4 Å². The minimum atomic E-state index is -3.06. The van der Waals surface area contributed by atoms with Gasteiger partial charge in [-0.15, -0.1) is 11.3 Å². The van der Waals surface area contributed by atoms with E-state index in [1.165, 1.54) is 46.1 Å². The Bertz CT molecular complexity index is 1510. The zero-order chi connectivity index (χ0) is 24.5. The van der Waals surface area contributed by atoms with E-state index in [0.29, 0.717) is 11.2 Å². The standard InChI is InChI=1S/C22H18F2N6O4S/c1-33-18(31)11-29-10-15(27-21(32)14-9-26-30-5-2-4-25-20(14)30)19(28-29)13-8-17-12(3-6-35-17)7-16(13)34-22(23)24/h2-10,21-22,27,32H,11H2,1H3. The average Bonchev–Trinajstić information content (AvgIpc) is 3.56. The van der Waals surface area contributed by atoms with Crippen molar-refractivity contribution in [3.8, 4) is 17.0 Å². The van der Waals surface area contributed by atoms with Gasteiger partial charge in [0.05, 0.1) is 24.6 Å². The van der Waals surface area contributed by atoms with Crippen LogP contribution < -0.4 is 10.1 Å². The van der Waals surface area contributed by atoms with Crippen LogP contribution in [-0.4, -0.2) is 49.2 Å².